The number of fused-ring (bicyclic) bond motifs is 1. The normalized spacial score (nSPS) is 22.8. The average molecular weight is 180 g/mol. The van der Waals surface area contributed by atoms with Gasteiger partial charge >= 0.3 is 0 Å². The minimum atomic E-state index is 0.861. The lowest BCUT2D eigenvalue weighted by atomic mass is 9.82. The fraction of sp³-hybridized carbons (Fsp3) is 0.636. The first kappa shape index (κ1) is 8.31. The highest BCUT2D eigenvalue weighted by Gasteiger charge is 2.21. The molecule has 1 aromatic heterocycles. The van der Waals surface area contributed by atoms with Crippen LogP contribution in [0.2, 0.25) is 0 Å². The van der Waals surface area contributed by atoms with E-state index in [9.17, 15) is 0 Å². The molecule has 0 N–H and O–H groups in total. The zero-order valence-corrected chi connectivity index (χ0v) is 8.66. The maximum Gasteiger partial charge on any atom is 0.00800 e. The molecule has 1 aliphatic carbocycles. The minimum absolute atomic E-state index is 0.861. The third-order valence-corrected chi connectivity index (χ3v) is 4.00. The molecular weight excluding hydrogens is 164 g/mol. The summed E-state index contributed by atoms with van der Waals surface area (Å²) in [6.07, 6.45) is 4.06. The molecule has 1 aromatic rings. The van der Waals surface area contributed by atoms with Gasteiger partial charge in [0.15, 0.2) is 0 Å². The first-order valence-corrected chi connectivity index (χ1v) is 5.70. The molecule has 66 valence electrons. The first-order chi connectivity index (χ1) is 5.77. The summed E-state index contributed by atoms with van der Waals surface area (Å²) in [4.78, 5) is 1.65. The lowest BCUT2D eigenvalue weighted by Crippen LogP contribution is -2.17. The third kappa shape index (κ3) is 1.42. The van der Waals surface area contributed by atoms with Crippen molar-refractivity contribution in [3.63, 3.8) is 0 Å². The second kappa shape index (κ2) is 3.21. The number of rotatable bonds is 1. The zero-order chi connectivity index (χ0) is 8.55. The summed E-state index contributed by atoms with van der Waals surface area (Å²) < 4.78 is 0. The van der Waals surface area contributed by atoms with Crippen LogP contribution in [-0.4, -0.2) is 0 Å². The van der Waals surface area contributed by atoms with Crippen molar-refractivity contribution in [2.75, 3.05) is 0 Å². The van der Waals surface area contributed by atoms with E-state index in [2.05, 4.69) is 25.3 Å². The van der Waals surface area contributed by atoms with Crippen molar-refractivity contribution >= 4 is 11.3 Å². The molecule has 0 saturated heterocycles. The van der Waals surface area contributed by atoms with Crippen LogP contribution in [-0.2, 0) is 12.8 Å². The van der Waals surface area contributed by atoms with E-state index in [1.165, 1.54) is 19.3 Å². The summed E-state index contributed by atoms with van der Waals surface area (Å²) in [5.41, 5.74) is 1.62. The van der Waals surface area contributed by atoms with Gasteiger partial charge in [-0.05, 0) is 48.1 Å². The Morgan fingerprint density at radius 3 is 3.08 bits per heavy atom. The Morgan fingerprint density at radius 2 is 2.33 bits per heavy atom. The van der Waals surface area contributed by atoms with Gasteiger partial charge in [0.2, 0.25) is 0 Å². The number of aryl methyl sites for hydroxylation is 1. The molecule has 1 heteroatoms. The van der Waals surface area contributed by atoms with Crippen molar-refractivity contribution in [2.45, 2.75) is 33.1 Å². The summed E-state index contributed by atoms with van der Waals surface area (Å²) in [5.74, 6) is 1.80. The van der Waals surface area contributed by atoms with Crippen molar-refractivity contribution in [1.29, 1.82) is 0 Å². The third-order valence-electron chi connectivity index (χ3n) is 3.01. The number of hydrogen-bond acceptors (Lipinski definition) is 1. The van der Waals surface area contributed by atoms with E-state index in [0.717, 1.165) is 11.8 Å². The van der Waals surface area contributed by atoms with Gasteiger partial charge in [-0.3, -0.25) is 0 Å². The van der Waals surface area contributed by atoms with Crippen LogP contribution in [0.15, 0.2) is 11.4 Å². The zero-order valence-electron chi connectivity index (χ0n) is 7.84. The Balaban J connectivity index is 2.15. The maximum absolute atomic E-state index is 2.35. The molecule has 1 heterocycles. The second-order valence-electron chi connectivity index (χ2n) is 4.12. The standard InChI is InChI=1S/C11H16S/c1-8(2)10-4-3-9-5-6-12-11(9)7-10/h5-6,8,10H,3-4,7H2,1-2H3. The number of hydrogen-bond donors (Lipinski definition) is 0. The van der Waals surface area contributed by atoms with Crippen LogP contribution >= 0.6 is 11.3 Å². The molecule has 0 spiro atoms. The summed E-state index contributed by atoms with van der Waals surface area (Å²) in [5, 5.41) is 2.24. The van der Waals surface area contributed by atoms with Crippen molar-refractivity contribution < 1.29 is 0 Å². The molecule has 0 nitrogen and oxygen atoms in total. The predicted molar refractivity (Wildman–Crippen MR) is 54.7 cm³/mol. The summed E-state index contributed by atoms with van der Waals surface area (Å²) in [7, 11) is 0. The molecule has 1 unspecified atom stereocenters. The lowest BCUT2D eigenvalue weighted by molar-refractivity contribution is 0.346. The van der Waals surface area contributed by atoms with E-state index in [1.807, 2.05) is 11.3 Å². The van der Waals surface area contributed by atoms with Gasteiger partial charge in [-0.2, -0.15) is 0 Å². The van der Waals surface area contributed by atoms with Crippen molar-refractivity contribution in [3.05, 3.63) is 21.9 Å². The molecule has 0 fully saturated rings. The van der Waals surface area contributed by atoms with Gasteiger partial charge in [-0.25, -0.2) is 0 Å². The van der Waals surface area contributed by atoms with Crippen molar-refractivity contribution in [1.82, 2.24) is 0 Å². The van der Waals surface area contributed by atoms with Crippen LogP contribution in [0.4, 0.5) is 0 Å². The summed E-state index contributed by atoms with van der Waals surface area (Å²) in [6.45, 7) is 4.70. The number of thiophene rings is 1. The van der Waals surface area contributed by atoms with Gasteiger partial charge in [0.25, 0.3) is 0 Å². The Hall–Kier alpha value is -0.300. The Kier molecular flexibility index (Phi) is 2.22. The minimum Gasteiger partial charge on any atom is -0.149 e. The van der Waals surface area contributed by atoms with E-state index in [-0.39, 0.29) is 0 Å². The Morgan fingerprint density at radius 1 is 1.50 bits per heavy atom. The van der Waals surface area contributed by atoms with Gasteiger partial charge in [-0.1, -0.05) is 13.8 Å². The van der Waals surface area contributed by atoms with Gasteiger partial charge in [0, 0.05) is 4.88 Å². The van der Waals surface area contributed by atoms with E-state index >= 15 is 0 Å². The monoisotopic (exact) mass is 180 g/mol. The molecule has 1 atom stereocenters. The van der Waals surface area contributed by atoms with Crippen LogP contribution in [0, 0.1) is 11.8 Å². The molecular formula is C11H16S. The second-order valence-corrected chi connectivity index (χ2v) is 5.12. The fourth-order valence-electron chi connectivity index (χ4n) is 2.02. The fourth-order valence-corrected chi connectivity index (χ4v) is 3.05. The van der Waals surface area contributed by atoms with Crippen LogP contribution in [0.1, 0.15) is 30.7 Å². The summed E-state index contributed by atoms with van der Waals surface area (Å²) >= 11 is 1.95. The lowest BCUT2D eigenvalue weighted by Gasteiger charge is -2.25. The van der Waals surface area contributed by atoms with Crippen molar-refractivity contribution in [2.24, 2.45) is 11.8 Å². The van der Waals surface area contributed by atoms with Crippen LogP contribution in [0.5, 0.6) is 0 Å². The molecule has 0 radical (unpaired) electrons. The average Bonchev–Trinajstić information content (AvgIpc) is 2.49. The van der Waals surface area contributed by atoms with E-state index in [0.29, 0.717) is 0 Å². The van der Waals surface area contributed by atoms with Crippen LogP contribution in [0.25, 0.3) is 0 Å². The van der Waals surface area contributed by atoms with E-state index < -0.39 is 0 Å². The van der Waals surface area contributed by atoms with Gasteiger partial charge < -0.3 is 0 Å². The van der Waals surface area contributed by atoms with Crippen molar-refractivity contribution in [3.8, 4) is 0 Å². The SMILES string of the molecule is CC(C)C1CCc2ccsc2C1. The van der Waals surface area contributed by atoms with Gasteiger partial charge in [0.05, 0.1) is 0 Å². The largest absolute Gasteiger partial charge is 0.149 e. The topological polar surface area (TPSA) is 0 Å². The van der Waals surface area contributed by atoms with Gasteiger partial charge in [-0.15, -0.1) is 11.3 Å². The molecule has 0 aromatic carbocycles. The summed E-state index contributed by atoms with van der Waals surface area (Å²) in [6, 6.07) is 2.30. The smallest absolute Gasteiger partial charge is 0.00800 e. The first-order valence-electron chi connectivity index (χ1n) is 4.82. The van der Waals surface area contributed by atoms with E-state index in [1.54, 1.807) is 10.4 Å². The Labute approximate surface area is 78.6 Å². The van der Waals surface area contributed by atoms with E-state index in [4.69, 9.17) is 0 Å². The predicted octanol–water partition coefficient (Wildman–Crippen LogP) is 3.51. The molecule has 1 aliphatic rings. The highest BCUT2D eigenvalue weighted by atomic mass is 32.1. The highest BCUT2D eigenvalue weighted by Crippen LogP contribution is 2.32. The quantitative estimate of drug-likeness (QED) is 0.620. The van der Waals surface area contributed by atoms with Crippen LogP contribution in [0.3, 0.4) is 0 Å². The molecule has 2 rings (SSSR count). The molecule has 0 saturated carbocycles. The molecule has 0 aliphatic heterocycles. The highest BCUT2D eigenvalue weighted by molar-refractivity contribution is 7.10. The van der Waals surface area contributed by atoms with Crippen LogP contribution < -0.4 is 0 Å². The molecule has 0 bridgehead atoms. The molecule has 12 heavy (non-hydrogen) atoms. The molecule has 0 amide bonds. The Bertz CT molecular complexity index is 260. The van der Waals surface area contributed by atoms with Gasteiger partial charge in [0.1, 0.15) is 0 Å². The maximum atomic E-state index is 2.35.